The maximum Gasteiger partial charge on any atom is 0.490 e. The van der Waals surface area contributed by atoms with Gasteiger partial charge >= 0.3 is 12.1 Å². The number of aliphatic carboxylic acids is 1. The van der Waals surface area contributed by atoms with Crippen LogP contribution in [0.2, 0.25) is 0 Å². The molecule has 0 saturated carbocycles. The van der Waals surface area contributed by atoms with Gasteiger partial charge in [-0.15, -0.1) is 5.10 Å². The number of likely N-dealkylation sites (tertiary alicyclic amines) is 1. The number of aryl methyl sites for hydroxylation is 1. The Hall–Kier alpha value is -2.17. The van der Waals surface area contributed by atoms with E-state index in [1.54, 1.807) is 0 Å². The van der Waals surface area contributed by atoms with E-state index in [9.17, 15) is 18.0 Å². The Labute approximate surface area is 155 Å². The summed E-state index contributed by atoms with van der Waals surface area (Å²) in [6.07, 6.45) is 2.39. The Kier molecular flexibility index (Phi) is 9.19. The monoisotopic (exact) mass is 393 g/mol. The maximum absolute atomic E-state index is 11.5. The molecule has 0 aromatic carbocycles. The number of hydrogen-bond donors (Lipinski definition) is 2. The van der Waals surface area contributed by atoms with Crippen molar-refractivity contribution >= 4 is 11.9 Å². The third-order valence-corrected chi connectivity index (χ3v) is 4.20. The van der Waals surface area contributed by atoms with Gasteiger partial charge in [-0.1, -0.05) is 18.6 Å². The smallest absolute Gasteiger partial charge is 0.475 e. The average molecular weight is 393 g/mol. The van der Waals surface area contributed by atoms with Crippen molar-refractivity contribution in [1.82, 2.24) is 19.9 Å². The van der Waals surface area contributed by atoms with E-state index in [1.807, 2.05) is 9.58 Å². The van der Waals surface area contributed by atoms with Gasteiger partial charge in [-0.05, 0) is 31.6 Å². The zero-order chi connectivity index (χ0) is 20.4. The van der Waals surface area contributed by atoms with Crippen molar-refractivity contribution in [3.63, 3.8) is 0 Å². The Morgan fingerprint density at radius 2 is 1.93 bits per heavy atom. The molecule has 0 atom stereocenters. The van der Waals surface area contributed by atoms with Crippen LogP contribution < -0.4 is 5.73 Å². The molecule has 1 amide bonds. The summed E-state index contributed by atoms with van der Waals surface area (Å²) in [7, 11) is 0. The van der Waals surface area contributed by atoms with Crippen LogP contribution in [0.4, 0.5) is 13.2 Å². The van der Waals surface area contributed by atoms with E-state index in [2.05, 4.69) is 23.4 Å². The lowest BCUT2D eigenvalue weighted by Gasteiger charge is -2.31. The molecule has 1 fully saturated rings. The van der Waals surface area contributed by atoms with Crippen LogP contribution in [-0.2, 0) is 22.6 Å². The number of piperidine rings is 1. The number of halogens is 3. The van der Waals surface area contributed by atoms with Crippen LogP contribution in [0.1, 0.15) is 38.3 Å². The number of carboxylic acids is 1. The van der Waals surface area contributed by atoms with Crippen molar-refractivity contribution in [3.8, 4) is 0 Å². The van der Waals surface area contributed by atoms with Crippen LogP contribution in [0.5, 0.6) is 0 Å². The van der Waals surface area contributed by atoms with Gasteiger partial charge in [-0.25, -0.2) is 4.79 Å². The van der Waals surface area contributed by atoms with Gasteiger partial charge in [-0.3, -0.25) is 9.48 Å². The van der Waals surface area contributed by atoms with Crippen molar-refractivity contribution < 1.29 is 27.9 Å². The summed E-state index contributed by atoms with van der Waals surface area (Å²) >= 11 is 0. The summed E-state index contributed by atoms with van der Waals surface area (Å²) in [5.74, 6) is -2.11. The number of carbonyl (C=O) groups is 2. The van der Waals surface area contributed by atoms with Gasteiger partial charge in [0.25, 0.3) is 0 Å². The number of carboxylic acid groups (broad SMARTS) is 1. The predicted octanol–water partition coefficient (Wildman–Crippen LogP) is 1.45. The first-order valence-corrected chi connectivity index (χ1v) is 8.84. The fraction of sp³-hybridized carbons (Fsp3) is 0.750. The van der Waals surface area contributed by atoms with Gasteiger partial charge in [0, 0.05) is 25.8 Å². The molecule has 8 nitrogen and oxygen atoms in total. The molecule has 0 radical (unpaired) electrons. The highest BCUT2D eigenvalue weighted by atomic mass is 19.4. The van der Waals surface area contributed by atoms with Gasteiger partial charge in [0.2, 0.25) is 5.91 Å². The summed E-state index contributed by atoms with van der Waals surface area (Å²) in [5, 5.41) is 15.5. The lowest BCUT2D eigenvalue weighted by atomic mass is 9.97. The van der Waals surface area contributed by atoms with E-state index in [4.69, 9.17) is 15.6 Å². The molecule has 1 aromatic heterocycles. The third-order valence-electron chi connectivity index (χ3n) is 4.20. The van der Waals surface area contributed by atoms with E-state index in [-0.39, 0.29) is 12.5 Å². The molecular formula is C16H26F3N5O3. The summed E-state index contributed by atoms with van der Waals surface area (Å²) in [6, 6.07) is 0. The molecule has 1 aliphatic rings. The lowest BCUT2D eigenvalue weighted by molar-refractivity contribution is -0.192. The SMILES string of the molecule is CCCCc1cn(CC2CCN(C(=O)CN)CC2)nn1.O=C(O)C(F)(F)F. The van der Waals surface area contributed by atoms with Crippen molar-refractivity contribution in [3.05, 3.63) is 11.9 Å². The Morgan fingerprint density at radius 1 is 1.33 bits per heavy atom. The molecule has 154 valence electrons. The maximum atomic E-state index is 11.5. The van der Waals surface area contributed by atoms with Gasteiger partial charge < -0.3 is 15.7 Å². The largest absolute Gasteiger partial charge is 0.490 e. The first-order chi connectivity index (χ1) is 12.7. The molecule has 2 heterocycles. The Morgan fingerprint density at radius 3 is 2.41 bits per heavy atom. The van der Waals surface area contributed by atoms with Crippen LogP contribution in [-0.4, -0.2) is 62.7 Å². The van der Waals surface area contributed by atoms with Crippen molar-refractivity contribution in [2.24, 2.45) is 11.7 Å². The van der Waals surface area contributed by atoms with Crippen LogP contribution in [0, 0.1) is 5.92 Å². The molecular weight excluding hydrogens is 367 g/mol. The highest BCUT2D eigenvalue weighted by Gasteiger charge is 2.38. The van der Waals surface area contributed by atoms with Crippen LogP contribution in [0.3, 0.4) is 0 Å². The standard InChI is InChI=1S/C14H25N5O.C2HF3O2/c1-2-3-4-13-11-19(17-16-13)10-12-5-7-18(8-6-12)14(20)9-15;3-2(4,5)1(6)7/h11-12H,2-10,15H2,1H3;(H,6,7). The van der Waals surface area contributed by atoms with Gasteiger partial charge in [0.15, 0.2) is 0 Å². The lowest BCUT2D eigenvalue weighted by Crippen LogP contribution is -2.42. The second-order valence-corrected chi connectivity index (χ2v) is 6.37. The van der Waals surface area contributed by atoms with E-state index in [0.717, 1.165) is 51.0 Å². The number of amides is 1. The molecule has 0 unspecified atom stereocenters. The number of rotatable bonds is 6. The van der Waals surface area contributed by atoms with E-state index >= 15 is 0 Å². The molecule has 11 heteroatoms. The first-order valence-electron chi connectivity index (χ1n) is 8.84. The quantitative estimate of drug-likeness (QED) is 0.756. The fourth-order valence-corrected chi connectivity index (χ4v) is 2.66. The number of nitrogens with zero attached hydrogens (tertiary/aromatic N) is 4. The minimum absolute atomic E-state index is 0.0612. The fourth-order valence-electron chi connectivity index (χ4n) is 2.66. The van der Waals surface area contributed by atoms with Crippen LogP contribution in [0.25, 0.3) is 0 Å². The molecule has 0 aliphatic carbocycles. The first kappa shape index (κ1) is 22.9. The summed E-state index contributed by atoms with van der Waals surface area (Å²) < 4.78 is 33.7. The van der Waals surface area contributed by atoms with E-state index in [0.29, 0.717) is 5.92 Å². The highest BCUT2D eigenvalue weighted by Crippen LogP contribution is 2.19. The molecule has 0 spiro atoms. The molecule has 1 aliphatic heterocycles. The Balaban J connectivity index is 0.000000445. The average Bonchev–Trinajstić information content (AvgIpc) is 3.07. The number of alkyl halides is 3. The van der Waals surface area contributed by atoms with E-state index in [1.165, 1.54) is 6.42 Å². The minimum Gasteiger partial charge on any atom is -0.475 e. The molecule has 1 saturated heterocycles. The van der Waals surface area contributed by atoms with Crippen LogP contribution >= 0.6 is 0 Å². The summed E-state index contributed by atoms with van der Waals surface area (Å²) in [5.41, 5.74) is 6.48. The number of aromatic nitrogens is 3. The predicted molar refractivity (Wildman–Crippen MR) is 90.7 cm³/mol. The van der Waals surface area contributed by atoms with E-state index < -0.39 is 12.1 Å². The number of nitrogens with two attached hydrogens (primary N) is 1. The molecule has 2 rings (SSSR count). The minimum atomic E-state index is -5.08. The highest BCUT2D eigenvalue weighted by molar-refractivity contribution is 5.78. The van der Waals surface area contributed by atoms with Crippen molar-refractivity contribution in [1.29, 1.82) is 0 Å². The topological polar surface area (TPSA) is 114 Å². The van der Waals surface area contributed by atoms with Gasteiger partial charge in [-0.2, -0.15) is 13.2 Å². The second kappa shape index (κ2) is 10.9. The molecule has 27 heavy (non-hydrogen) atoms. The molecule has 1 aromatic rings. The third kappa shape index (κ3) is 8.37. The zero-order valence-corrected chi connectivity index (χ0v) is 15.3. The van der Waals surface area contributed by atoms with Gasteiger partial charge in [0.05, 0.1) is 12.2 Å². The van der Waals surface area contributed by atoms with Crippen molar-refractivity contribution in [2.45, 2.75) is 51.7 Å². The van der Waals surface area contributed by atoms with Crippen LogP contribution in [0.15, 0.2) is 6.20 Å². The Bertz CT molecular complexity index is 598. The van der Waals surface area contributed by atoms with Crippen molar-refractivity contribution in [2.75, 3.05) is 19.6 Å². The summed E-state index contributed by atoms with van der Waals surface area (Å²) in [4.78, 5) is 22.3. The molecule has 3 N–H and O–H groups in total. The number of hydrogen-bond acceptors (Lipinski definition) is 5. The summed E-state index contributed by atoms with van der Waals surface area (Å²) in [6.45, 7) is 4.84. The second-order valence-electron chi connectivity index (χ2n) is 6.37. The van der Waals surface area contributed by atoms with Gasteiger partial charge in [0.1, 0.15) is 0 Å². The number of carbonyl (C=O) groups excluding carboxylic acids is 1. The zero-order valence-electron chi connectivity index (χ0n) is 15.3. The number of unbranched alkanes of at least 4 members (excludes halogenated alkanes) is 1. The molecule has 0 bridgehead atoms. The normalized spacial score (nSPS) is 15.2.